The monoisotopic (exact) mass is 1420 g/mol. The molecule has 0 bridgehead atoms. The molecule has 10 aliphatic rings. The van der Waals surface area contributed by atoms with E-state index in [9.17, 15) is 4.79 Å². The van der Waals surface area contributed by atoms with E-state index in [1.54, 1.807) is 6.20 Å². The number of rotatable bonds is 10. The predicted octanol–water partition coefficient (Wildman–Crippen LogP) is 11.2. The van der Waals surface area contributed by atoms with E-state index in [1.165, 1.54) is 57.8 Å². The molecule has 105 heavy (non-hydrogen) atoms. The summed E-state index contributed by atoms with van der Waals surface area (Å²) in [5.74, 6) is 6.27. The number of nitrogens with one attached hydrogen (secondary N) is 6. The standard InChI is InChI=1S/C28H36N8O2.C26H30N8O.C22H27N9.CH4/c37-24-19-31-28(8-2-1-3-9-28)36-23(24)16-20-17-30-27(33-26(20)36)32-25-5-4-22(18-29-25)34-10-6-21(7-11-34)35-12-14-38-15-13-35;1-17-30-20-14-26(7-3-2-4-8-26)34-21(23(20)35-17)13-18-15-29-25(32-24(18)34)31-22-6-5-19(16-28-22)33-11-9-27-10-12-33;1-2-6-22(7-3-1)8-9-24-21-27-17-15-26-20(29-19(17)31(21)22)28-18-5-4-16(14-25-18)30-12-10-23-11-13-30;/h4-5,16-18,21,31H,1-3,6-15,19H2,(H,29,30,32,33);5-6,13,15-16,27H,2-4,7-12,14H2,1H3,(H,28,29,31,32);4-5,9,14-15,23H,1-3,6-8,10-13H2,(H,25,26,28,29);1H4. The molecule has 17 heterocycles. The molecule has 548 valence electrons. The van der Waals surface area contributed by atoms with E-state index in [2.05, 4.69) is 124 Å². The molecule has 0 aromatic carbocycles. The van der Waals surface area contributed by atoms with Crippen molar-refractivity contribution in [2.45, 2.75) is 159 Å². The predicted molar refractivity (Wildman–Crippen MR) is 410 cm³/mol. The Labute approximate surface area is 611 Å². The number of pyridine rings is 3. The summed E-state index contributed by atoms with van der Waals surface area (Å²) in [6.45, 7) is 16.3. The summed E-state index contributed by atoms with van der Waals surface area (Å²) in [6.07, 6.45) is 35.2. The molecule has 3 aliphatic carbocycles. The lowest BCUT2D eigenvalue weighted by atomic mass is 9.76. The third-order valence-corrected chi connectivity index (χ3v) is 23.5. The van der Waals surface area contributed by atoms with Gasteiger partial charge in [0.15, 0.2) is 23.1 Å². The number of hydrogen-bond donors (Lipinski definition) is 6. The van der Waals surface area contributed by atoms with E-state index in [0.717, 1.165) is 253 Å². The van der Waals surface area contributed by atoms with Crippen LogP contribution in [0.25, 0.3) is 44.7 Å². The first-order valence-corrected chi connectivity index (χ1v) is 38.2. The molecule has 20 rings (SSSR count). The number of aromatic nitrogens is 14. The average Bonchev–Trinajstić information content (AvgIpc) is 1.59. The molecule has 28 nitrogen and oxygen atoms in total. The van der Waals surface area contributed by atoms with Crippen LogP contribution in [0.1, 0.15) is 145 Å². The number of fused-ring (bicyclic) bond motifs is 14. The van der Waals surface area contributed by atoms with Crippen LogP contribution in [0.4, 0.5) is 58.3 Å². The van der Waals surface area contributed by atoms with E-state index >= 15 is 0 Å². The van der Waals surface area contributed by atoms with Gasteiger partial charge in [0, 0.05) is 134 Å². The maximum atomic E-state index is 12.7. The molecule has 7 aliphatic heterocycles. The first kappa shape index (κ1) is 68.5. The van der Waals surface area contributed by atoms with Crippen molar-refractivity contribution in [1.29, 1.82) is 0 Å². The molecule has 0 radical (unpaired) electrons. The number of oxazole rings is 1. The lowest BCUT2D eigenvalue weighted by Crippen LogP contribution is -2.55. The maximum absolute atomic E-state index is 12.7. The zero-order valence-electron chi connectivity index (χ0n) is 59.5. The number of aryl methyl sites for hydroxylation is 1. The SMILES string of the molecule is C.C1=Nc2nc3cnc(Nc4ccc(N5CCNCC5)cn4)nc3n2C2(C1)CCCCC2.Cc1nc2c(o1)-c1cc3cnc(Nc4ccc(N5CCNCC5)cn4)nc3n1C1(CCCCC1)C2.O=C1CNC2(CCCCC2)n2c1cc1cnc(Nc3ccc(N4CCC(N5CCOCC5)CC4)cn3)nc12. The molecule has 4 saturated heterocycles. The Balaban J connectivity index is 0.000000116. The molecule has 3 saturated carbocycles. The Bertz CT molecular complexity index is 4730. The van der Waals surface area contributed by atoms with Gasteiger partial charge >= 0.3 is 0 Å². The summed E-state index contributed by atoms with van der Waals surface area (Å²) in [7, 11) is 0. The molecule has 0 amide bonds. The van der Waals surface area contributed by atoms with Gasteiger partial charge < -0.3 is 59.6 Å². The molecular weight excluding hydrogens is 1320 g/mol. The second-order valence-corrected chi connectivity index (χ2v) is 29.9. The van der Waals surface area contributed by atoms with Crippen molar-refractivity contribution in [1.82, 2.24) is 89.4 Å². The molecule has 3 spiro atoms. The van der Waals surface area contributed by atoms with Gasteiger partial charge in [0.2, 0.25) is 23.8 Å². The highest BCUT2D eigenvalue weighted by Crippen LogP contribution is 2.49. The number of ketones is 1. The molecule has 7 fully saturated rings. The van der Waals surface area contributed by atoms with Gasteiger partial charge in [-0.25, -0.2) is 44.9 Å². The number of anilines is 9. The molecule has 6 N–H and O–H groups in total. The van der Waals surface area contributed by atoms with E-state index in [1.807, 2.05) is 68.4 Å². The van der Waals surface area contributed by atoms with Gasteiger partial charge in [-0.2, -0.15) is 15.0 Å². The van der Waals surface area contributed by atoms with Crippen molar-refractivity contribution in [2.75, 3.05) is 129 Å². The Morgan fingerprint density at radius 2 is 1.03 bits per heavy atom. The lowest BCUT2D eigenvalue weighted by molar-refractivity contribution is 0.0115. The number of ether oxygens (including phenoxy) is 1. The summed E-state index contributed by atoms with van der Waals surface area (Å²) >= 11 is 0. The zero-order valence-corrected chi connectivity index (χ0v) is 59.5. The minimum absolute atomic E-state index is 0. The third kappa shape index (κ3) is 13.6. The smallest absolute Gasteiger partial charge is 0.232 e. The van der Waals surface area contributed by atoms with Crippen molar-refractivity contribution < 1.29 is 13.9 Å². The summed E-state index contributed by atoms with van der Waals surface area (Å²) < 4.78 is 18.4. The van der Waals surface area contributed by atoms with Gasteiger partial charge in [-0.05, 0) is 113 Å². The molecule has 28 heteroatoms. The van der Waals surface area contributed by atoms with Gasteiger partial charge in [0.25, 0.3) is 0 Å². The summed E-state index contributed by atoms with van der Waals surface area (Å²) in [5, 5.41) is 22.1. The third-order valence-electron chi connectivity index (χ3n) is 23.5. The number of imidazole rings is 1. The fourth-order valence-electron chi connectivity index (χ4n) is 18.2. The van der Waals surface area contributed by atoms with Crippen molar-refractivity contribution in [3.8, 4) is 11.5 Å². The molecule has 10 aromatic heterocycles. The van der Waals surface area contributed by atoms with Crippen molar-refractivity contribution in [2.24, 2.45) is 4.99 Å². The average molecular weight is 1420 g/mol. The summed E-state index contributed by atoms with van der Waals surface area (Å²) in [5.41, 5.74) is 9.59. The number of hydrogen-bond acceptors (Lipinski definition) is 25. The Morgan fingerprint density at radius 1 is 0.514 bits per heavy atom. The summed E-state index contributed by atoms with van der Waals surface area (Å²) in [4.78, 5) is 78.7. The van der Waals surface area contributed by atoms with Crippen LogP contribution in [0.5, 0.6) is 0 Å². The van der Waals surface area contributed by atoms with Crippen molar-refractivity contribution in [3.63, 3.8) is 0 Å². The van der Waals surface area contributed by atoms with Crippen LogP contribution in [0.2, 0.25) is 0 Å². The van der Waals surface area contributed by atoms with Crippen LogP contribution in [-0.2, 0) is 27.9 Å². The Kier molecular flexibility index (Phi) is 19.2. The summed E-state index contributed by atoms with van der Waals surface area (Å²) in [6, 6.07) is 17.1. The normalized spacial score (nSPS) is 20.5. The number of piperidine rings is 1. The minimum Gasteiger partial charge on any atom is -0.439 e. The zero-order chi connectivity index (χ0) is 69.6. The number of aliphatic imine (C=N–C) groups is 1. The van der Waals surface area contributed by atoms with E-state index < -0.39 is 0 Å². The van der Waals surface area contributed by atoms with Crippen molar-refractivity contribution in [3.05, 3.63) is 103 Å². The van der Waals surface area contributed by atoms with Crippen LogP contribution in [-0.4, -0.2) is 190 Å². The quantitative estimate of drug-likeness (QED) is 0.0741. The fraction of sp³-hybridized carbons (Fsp3) is 0.519. The van der Waals surface area contributed by atoms with Crippen LogP contribution in [0, 0.1) is 6.92 Å². The van der Waals surface area contributed by atoms with Gasteiger partial charge in [-0.3, -0.25) is 19.6 Å². The lowest BCUT2D eigenvalue weighted by Gasteiger charge is -2.43. The minimum atomic E-state index is -0.232. The maximum Gasteiger partial charge on any atom is 0.232 e. The van der Waals surface area contributed by atoms with Gasteiger partial charge in [0.05, 0.1) is 95.4 Å². The second-order valence-electron chi connectivity index (χ2n) is 29.9. The van der Waals surface area contributed by atoms with Crippen molar-refractivity contribution >= 4 is 104 Å². The molecule has 0 atom stereocenters. The van der Waals surface area contributed by atoms with E-state index in [0.29, 0.717) is 36.2 Å². The number of carbonyl (C=O) groups excluding carboxylic acids is 1. The highest BCUT2D eigenvalue weighted by Gasteiger charge is 2.45. The Hall–Kier alpha value is -9.61. The highest BCUT2D eigenvalue weighted by atomic mass is 16.5. The number of nitrogens with zero attached hydrogens (tertiary/aromatic N) is 19. The number of piperazine rings is 2. The van der Waals surface area contributed by atoms with Gasteiger partial charge in [-0.1, -0.05) is 52.4 Å². The molecular formula is C77H97N25O3. The second kappa shape index (κ2) is 29.4. The largest absolute Gasteiger partial charge is 0.439 e. The van der Waals surface area contributed by atoms with Crippen LogP contribution >= 0.6 is 0 Å². The number of Topliss-reactive ketones (excluding diaryl/α,β-unsaturated/α-hetero) is 1. The van der Waals surface area contributed by atoms with E-state index in [4.69, 9.17) is 34.1 Å². The molecule has 0 unspecified atom stereocenters. The number of carbonyl (C=O) groups is 1. The fourth-order valence-corrected chi connectivity index (χ4v) is 18.2. The highest BCUT2D eigenvalue weighted by molar-refractivity contribution is 6.01. The topological polar surface area (TPSA) is 294 Å². The first-order valence-electron chi connectivity index (χ1n) is 38.2. The van der Waals surface area contributed by atoms with Crippen LogP contribution < -0.4 is 46.6 Å². The van der Waals surface area contributed by atoms with Crippen LogP contribution in [0.15, 0.2) is 95.1 Å². The van der Waals surface area contributed by atoms with E-state index in [-0.39, 0.29) is 30.0 Å². The first-order chi connectivity index (χ1) is 51.2. The molecule has 10 aromatic rings. The van der Waals surface area contributed by atoms with Crippen LogP contribution in [0.3, 0.4) is 0 Å². The van der Waals surface area contributed by atoms with Gasteiger partial charge in [0.1, 0.15) is 34.3 Å². The number of morpholine rings is 1. The van der Waals surface area contributed by atoms with Gasteiger partial charge in [-0.15, -0.1) is 0 Å². The Morgan fingerprint density at radius 3 is 1.59 bits per heavy atom.